The van der Waals surface area contributed by atoms with Crippen molar-refractivity contribution in [3.8, 4) is 0 Å². The second kappa shape index (κ2) is 7.64. The van der Waals surface area contributed by atoms with Gasteiger partial charge in [-0.15, -0.1) is 0 Å². The molecule has 2 heterocycles. The number of amides is 1. The number of carbonyl (C=O) groups is 1. The highest BCUT2D eigenvalue weighted by atomic mass is 16.6. The van der Waals surface area contributed by atoms with Gasteiger partial charge in [0.15, 0.2) is 0 Å². The van der Waals surface area contributed by atoms with Gasteiger partial charge in [-0.05, 0) is 65.8 Å². The molecule has 0 aromatic carbocycles. The van der Waals surface area contributed by atoms with Crippen LogP contribution in [0.5, 0.6) is 0 Å². The summed E-state index contributed by atoms with van der Waals surface area (Å²) >= 11 is 0. The van der Waals surface area contributed by atoms with E-state index in [-0.39, 0.29) is 12.1 Å². The maximum Gasteiger partial charge on any atom is 0.407 e. The summed E-state index contributed by atoms with van der Waals surface area (Å²) < 4.78 is 11.1. The van der Waals surface area contributed by atoms with Crippen molar-refractivity contribution < 1.29 is 14.3 Å². The number of nitrogens with zero attached hydrogens (tertiary/aromatic N) is 1. The molecule has 1 amide bonds. The van der Waals surface area contributed by atoms with Crippen LogP contribution in [0.1, 0.15) is 53.4 Å². The van der Waals surface area contributed by atoms with Crippen molar-refractivity contribution in [1.82, 2.24) is 10.2 Å². The molecule has 2 aliphatic rings. The van der Waals surface area contributed by atoms with E-state index in [0.717, 1.165) is 26.2 Å². The minimum Gasteiger partial charge on any atom is -0.444 e. The predicted octanol–water partition coefficient (Wildman–Crippen LogP) is 2.79. The van der Waals surface area contributed by atoms with Crippen molar-refractivity contribution in [1.29, 1.82) is 0 Å². The molecular formula is C17H32N2O3. The molecule has 0 bridgehead atoms. The molecule has 1 N–H and O–H groups in total. The molecule has 0 saturated carbocycles. The average molecular weight is 312 g/mol. The van der Waals surface area contributed by atoms with Crippen LogP contribution >= 0.6 is 0 Å². The summed E-state index contributed by atoms with van der Waals surface area (Å²) in [5, 5.41) is 3.00. The van der Waals surface area contributed by atoms with Gasteiger partial charge >= 0.3 is 6.09 Å². The Morgan fingerprint density at radius 3 is 2.77 bits per heavy atom. The Balaban J connectivity index is 1.76. The molecular weight excluding hydrogens is 280 g/mol. The third-order valence-corrected chi connectivity index (χ3v) is 4.48. The summed E-state index contributed by atoms with van der Waals surface area (Å²) in [6.07, 6.45) is 4.84. The molecule has 2 rings (SSSR count). The monoisotopic (exact) mass is 312 g/mol. The number of likely N-dealkylation sites (tertiary alicyclic amines) is 1. The molecule has 2 saturated heterocycles. The lowest BCUT2D eigenvalue weighted by Crippen LogP contribution is -2.48. The Hall–Kier alpha value is -0.810. The molecule has 128 valence electrons. The van der Waals surface area contributed by atoms with E-state index in [4.69, 9.17) is 9.47 Å². The van der Waals surface area contributed by atoms with Crippen LogP contribution in [0.2, 0.25) is 0 Å². The lowest BCUT2D eigenvalue weighted by molar-refractivity contribution is 0.0398. The normalized spacial score (nSPS) is 28.4. The van der Waals surface area contributed by atoms with Crippen LogP contribution in [-0.2, 0) is 9.47 Å². The molecule has 0 radical (unpaired) electrons. The number of nitrogens with one attached hydrogen (secondary N) is 1. The quantitative estimate of drug-likeness (QED) is 0.867. The minimum absolute atomic E-state index is 0.141. The fraction of sp³-hybridized carbons (Fsp3) is 0.941. The Bertz CT molecular complexity index is 361. The van der Waals surface area contributed by atoms with Gasteiger partial charge < -0.3 is 19.7 Å². The third-order valence-electron chi connectivity index (χ3n) is 4.48. The second-order valence-corrected chi connectivity index (χ2v) is 7.73. The Kier molecular flexibility index (Phi) is 6.09. The number of alkyl carbamates (subject to hydrolysis) is 1. The number of carbonyl (C=O) groups excluding carboxylic acids is 1. The van der Waals surface area contributed by atoms with Crippen molar-refractivity contribution in [2.24, 2.45) is 5.92 Å². The first-order valence-electron chi connectivity index (χ1n) is 8.67. The number of hydrogen-bond acceptors (Lipinski definition) is 4. The maximum atomic E-state index is 11.9. The summed E-state index contributed by atoms with van der Waals surface area (Å²) in [5.74, 6) is 0.489. The van der Waals surface area contributed by atoms with Crippen LogP contribution in [0, 0.1) is 5.92 Å². The number of ether oxygens (including phenoxy) is 2. The third kappa shape index (κ3) is 5.76. The Morgan fingerprint density at radius 1 is 1.36 bits per heavy atom. The largest absolute Gasteiger partial charge is 0.444 e. The molecule has 0 aliphatic carbocycles. The first-order chi connectivity index (χ1) is 10.3. The molecule has 22 heavy (non-hydrogen) atoms. The van der Waals surface area contributed by atoms with Gasteiger partial charge in [-0.25, -0.2) is 4.79 Å². The van der Waals surface area contributed by atoms with Crippen LogP contribution in [0.4, 0.5) is 4.79 Å². The van der Waals surface area contributed by atoms with Gasteiger partial charge in [0, 0.05) is 25.7 Å². The molecule has 0 spiro atoms. The highest BCUT2D eigenvalue weighted by molar-refractivity contribution is 5.68. The fourth-order valence-electron chi connectivity index (χ4n) is 3.35. The number of hydrogen-bond donors (Lipinski definition) is 1. The topological polar surface area (TPSA) is 50.8 Å². The SMILES string of the molecule is C[C@H](NC(=O)OC(C)(C)C)[C@H]1CCCN(C[C@@H]2CCCO2)C1. The molecule has 5 nitrogen and oxygen atoms in total. The summed E-state index contributed by atoms with van der Waals surface area (Å²) in [6.45, 7) is 11.9. The molecule has 0 aromatic heterocycles. The van der Waals surface area contributed by atoms with Crippen LogP contribution < -0.4 is 5.32 Å². The van der Waals surface area contributed by atoms with Crippen LogP contribution in [-0.4, -0.2) is 55.0 Å². The maximum absolute atomic E-state index is 11.9. The Labute approximate surface area is 134 Å². The highest BCUT2D eigenvalue weighted by Crippen LogP contribution is 2.22. The molecule has 0 unspecified atom stereocenters. The van der Waals surface area contributed by atoms with E-state index in [2.05, 4.69) is 17.1 Å². The molecule has 0 aromatic rings. The molecule has 5 heteroatoms. The van der Waals surface area contributed by atoms with E-state index in [0.29, 0.717) is 12.0 Å². The van der Waals surface area contributed by atoms with Crippen LogP contribution in [0.3, 0.4) is 0 Å². The van der Waals surface area contributed by atoms with E-state index in [1.165, 1.54) is 25.7 Å². The zero-order valence-electron chi connectivity index (χ0n) is 14.6. The van der Waals surface area contributed by atoms with Crippen molar-refractivity contribution in [2.75, 3.05) is 26.2 Å². The van der Waals surface area contributed by atoms with E-state index in [1.807, 2.05) is 20.8 Å². The summed E-state index contributed by atoms with van der Waals surface area (Å²) in [5.41, 5.74) is -0.442. The predicted molar refractivity (Wildman–Crippen MR) is 87.0 cm³/mol. The molecule has 2 fully saturated rings. The number of piperidine rings is 1. The van der Waals surface area contributed by atoms with Crippen LogP contribution in [0.25, 0.3) is 0 Å². The smallest absolute Gasteiger partial charge is 0.407 e. The van der Waals surface area contributed by atoms with Gasteiger partial charge in [-0.2, -0.15) is 0 Å². The van der Waals surface area contributed by atoms with Gasteiger partial charge in [0.2, 0.25) is 0 Å². The fourth-order valence-corrected chi connectivity index (χ4v) is 3.35. The Morgan fingerprint density at radius 2 is 2.14 bits per heavy atom. The van der Waals surface area contributed by atoms with Gasteiger partial charge in [0.05, 0.1) is 6.10 Å². The minimum atomic E-state index is -0.442. The first kappa shape index (κ1) is 17.5. The standard InChI is InChI=1S/C17H32N2O3/c1-13(18-16(20)22-17(2,3)4)14-7-5-9-19(11-14)12-15-8-6-10-21-15/h13-15H,5-12H2,1-4H3,(H,18,20)/t13-,14-,15-/m0/s1. The summed E-state index contributed by atoms with van der Waals surface area (Å²) in [6, 6.07) is 0.141. The van der Waals surface area contributed by atoms with Gasteiger partial charge in [-0.1, -0.05) is 0 Å². The second-order valence-electron chi connectivity index (χ2n) is 7.73. The van der Waals surface area contributed by atoms with E-state index >= 15 is 0 Å². The van der Waals surface area contributed by atoms with Crippen LogP contribution in [0.15, 0.2) is 0 Å². The lowest BCUT2D eigenvalue weighted by atomic mass is 9.91. The van der Waals surface area contributed by atoms with Gasteiger partial charge in [0.1, 0.15) is 5.60 Å². The van der Waals surface area contributed by atoms with E-state index < -0.39 is 5.60 Å². The van der Waals surface area contributed by atoms with Crippen molar-refractivity contribution in [3.63, 3.8) is 0 Å². The average Bonchev–Trinajstić information content (AvgIpc) is 2.89. The molecule has 2 aliphatic heterocycles. The zero-order chi connectivity index (χ0) is 16.2. The van der Waals surface area contributed by atoms with E-state index in [1.54, 1.807) is 0 Å². The zero-order valence-corrected chi connectivity index (χ0v) is 14.6. The summed E-state index contributed by atoms with van der Waals surface area (Å²) in [7, 11) is 0. The molecule has 3 atom stereocenters. The highest BCUT2D eigenvalue weighted by Gasteiger charge is 2.29. The summed E-state index contributed by atoms with van der Waals surface area (Å²) in [4.78, 5) is 14.4. The van der Waals surface area contributed by atoms with Gasteiger partial charge in [0.25, 0.3) is 0 Å². The first-order valence-corrected chi connectivity index (χ1v) is 8.67. The van der Waals surface area contributed by atoms with Crippen molar-refractivity contribution >= 4 is 6.09 Å². The number of rotatable bonds is 4. The van der Waals surface area contributed by atoms with Gasteiger partial charge in [-0.3, -0.25) is 0 Å². The van der Waals surface area contributed by atoms with Crippen molar-refractivity contribution in [2.45, 2.75) is 71.1 Å². The van der Waals surface area contributed by atoms with Crippen molar-refractivity contribution in [3.05, 3.63) is 0 Å². The lowest BCUT2D eigenvalue weighted by Gasteiger charge is -2.37. The van der Waals surface area contributed by atoms with E-state index in [9.17, 15) is 4.79 Å².